The molecule has 2 aliphatic rings. The monoisotopic (exact) mass is 340 g/mol. The quantitative estimate of drug-likeness (QED) is 0.681. The van der Waals surface area contributed by atoms with Crippen molar-refractivity contribution in [1.82, 2.24) is 0 Å². The first-order chi connectivity index (χ1) is 10.1. The van der Waals surface area contributed by atoms with Gasteiger partial charge in [-0.2, -0.15) is 13.2 Å². The van der Waals surface area contributed by atoms with E-state index in [4.69, 9.17) is 0 Å². The van der Waals surface area contributed by atoms with E-state index in [2.05, 4.69) is 0 Å². The van der Waals surface area contributed by atoms with Crippen molar-refractivity contribution in [2.45, 2.75) is 76.1 Å². The lowest BCUT2D eigenvalue weighted by atomic mass is 9.61. The minimum Gasteiger partial charge on any atom is -0.229 e. The summed E-state index contributed by atoms with van der Waals surface area (Å²) in [5.41, 5.74) is -1.79. The lowest BCUT2D eigenvalue weighted by Gasteiger charge is -2.48. The van der Waals surface area contributed by atoms with Gasteiger partial charge in [0.05, 0.1) is 10.7 Å². The average Bonchev–Trinajstić information content (AvgIpc) is 2.65. The van der Waals surface area contributed by atoms with Crippen LogP contribution in [-0.4, -0.2) is 26.1 Å². The third-order valence-corrected chi connectivity index (χ3v) is 7.73. The Balaban J connectivity index is 2.37. The van der Waals surface area contributed by atoms with Crippen LogP contribution in [-0.2, 0) is 9.84 Å². The summed E-state index contributed by atoms with van der Waals surface area (Å²) in [5.74, 6) is -0.594. The fourth-order valence-corrected chi connectivity index (χ4v) is 6.18. The maximum atomic E-state index is 14.0. The standard InChI is InChI=1S/C16H27F3O2S/c1-12-9-10-15(16(17,18)19,11-14(12)22(2,20)21)13-7-5-3-4-6-8-13/h12-14H,3-11H2,1-2H3. The maximum absolute atomic E-state index is 14.0. The van der Waals surface area contributed by atoms with Crippen LogP contribution in [0.15, 0.2) is 0 Å². The van der Waals surface area contributed by atoms with Crippen LogP contribution in [0.5, 0.6) is 0 Å². The number of hydrogen-bond acceptors (Lipinski definition) is 2. The highest BCUT2D eigenvalue weighted by atomic mass is 32.2. The summed E-state index contributed by atoms with van der Waals surface area (Å²) in [5, 5.41) is -0.855. The van der Waals surface area contributed by atoms with Gasteiger partial charge >= 0.3 is 6.18 Å². The summed E-state index contributed by atoms with van der Waals surface area (Å²) < 4.78 is 66.0. The van der Waals surface area contributed by atoms with Crippen LogP contribution in [0, 0.1) is 17.3 Å². The van der Waals surface area contributed by atoms with Crippen molar-refractivity contribution in [2.24, 2.45) is 17.3 Å². The zero-order chi connectivity index (χ0) is 16.6. The molecule has 0 bridgehead atoms. The number of alkyl halides is 3. The fraction of sp³-hybridized carbons (Fsp3) is 1.00. The minimum atomic E-state index is -4.31. The van der Waals surface area contributed by atoms with Crippen LogP contribution in [0.2, 0.25) is 0 Å². The molecule has 0 aromatic rings. The Morgan fingerprint density at radius 3 is 2.00 bits per heavy atom. The van der Waals surface area contributed by atoms with E-state index in [1.807, 2.05) is 0 Å². The van der Waals surface area contributed by atoms with Gasteiger partial charge in [-0.3, -0.25) is 0 Å². The Labute approximate surface area is 131 Å². The lowest BCUT2D eigenvalue weighted by molar-refractivity contribution is -0.257. The van der Waals surface area contributed by atoms with Crippen molar-refractivity contribution in [1.29, 1.82) is 0 Å². The second-order valence-electron chi connectivity index (χ2n) is 7.43. The summed E-state index contributed by atoms with van der Waals surface area (Å²) in [6.45, 7) is 1.78. The molecule has 0 aliphatic heterocycles. The number of rotatable bonds is 2. The normalized spacial score (nSPS) is 36.0. The van der Waals surface area contributed by atoms with Gasteiger partial charge in [-0.25, -0.2) is 8.42 Å². The molecule has 0 saturated heterocycles. The molecule has 6 heteroatoms. The molecule has 2 nitrogen and oxygen atoms in total. The lowest BCUT2D eigenvalue weighted by Crippen LogP contribution is -2.52. The van der Waals surface area contributed by atoms with E-state index in [-0.39, 0.29) is 18.8 Å². The molecule has 0 amide bonds. The first-order valence-electron chi connectivity index (χ1n) is 8.33. The van der Waals surface area contributed by atoms with Gasteiger partial charge < -0.3 is 0 Å². The molecule has 0 aromatic heterocycles. The molecule has 0 spiro atoms. The summed E-state index contributed by atoms with van der Waals surface area (Å²) in [4.78, 5) is 0. The molecule has 130 valence electrons. The molecule has 2 aliphatic carbocycles. The maximum Gasteiger partial charge on any atom is 0.394 e. The average molecular weight is 340 g/mol. The highest BCUT2D eigenvalue weighted by molar-refractivity contribution is 7.91. The van der Waals surface area contributed by atoms with E-state index >= 15 is 0 Å². The van der Waals surface area contributed by atoms with E-state index in [0.717, 1.165) is 31.9 Å². The van der Waals surface area contributed by atoms with E-state index in [9.17, 15) is 21.6 Å². The zero-order valence-electron chi connectivity index (χ0n) is 13.5. The minimum absolute atomic E-state index is 0.0916. The highest BCUT2D eigenvalue weighted by Crippen LogP contribution is 2.58. The van der Waals surface area contributed by atoms with Crippen molar-refractivity contribution in [2.75, 3.05) is 6.26 Å². The van der Waals surface area contributed by atoms with Crippen molar-refractivity contribution in [3.05, 3.63) is 0 Å². The van der Waals surface area contributed by atoms with Gasteiger partial charge in [0.1, 0.15) is 0 Å². The van der Waals surface area contributed by atoms with Crippen LogP contribution >= 0.6 is 0 Å². The third-order valence-electron chi connectivity index (χ3n) is 6.00. The Morgan fingerprint density at radius 2 is 1.55 bits per heavy atom. The fourth-order valence-electron chi connectivity index (χ4n) is 4.60. The zero-order valence-corrected chi connectivity index (χ0v) is 14.3. The molecular formula is C16H27F3O2S. The van der Waals surface area contributed by atoms with Gasteiger partial charge in [0.25, 0.3) is 0 Å². The third kappa shape index (κ3) is 3.46. The molecule has 0 N–H and O–H groups in total. The Kier molecular flexibility index (Phi) is 5.20. The molecule has 0 aromatic carbocycles. The summed E-state index contributed by atoms with van der Waals surface area (Å²) in [6.07, 6.45) is 1.83. The first-order valence-corrected chi connectivity index (χ1v) is 10.3. The molecule has 0 heterocycles. The Bertz CT molecular complexity index is 478. The van der Waals surface area contributed by atoms with Crippen molar-refractivity contribution >= 4 is 9.84 Å². The summed E-state index contributed by atoms with van der Waals surface area (Å²) in [6, 6.07) is 0. The van der Waals surface area contributed by atoms with Gasteiger partial charge in [0.15, 0.2) is 9.84 Å². The van der Waals surface area contributed by atoms with Gasteiger partial charge in [0.2, 0.25) is 0 Å². The molecule has 2 fully saturated rings. The number of hydrogen-bond donors (Lipinski definition) is 0. The van der Waals surface area contributed by atoms with E-state index < -0.39 is 32.6 Å². The predicted octanol–water partition coefficient (Wildman–Crippen LogP) is 4.74. The molecule has 0 radical (unpaired) electrons. The second kappa shape index (κ2) is 6.33. The van der Waals surface area contributed by atoms with Crippen LogP contribution in [0.1, 0.15) is 64.7 Å². The predicted molar refractivity (Wildman–Crippen MR) is 81.3 cm³/mol. The van der Waals surface area contributed by atoms with Crippen LogP contribution < -0.4 is 0 Å². The van der Waals surface area contributed by atoms with Gasteiger partial charge in [-0.05, 0) is 43.9 Å². The topological polar surface area (TPSA) is 34.1 Å². The molecule has 3 unspecified atom stereocenters. The van der Waals surface area contributed by atoms with Crippen LogP contribution in [0.25, 0.3) is 0 Å². The summed E-state index contributed by atoms with van der Waals surface area (Å²) >= 11 is 0. The highest BCUT2D eigenvalue weighted by Gasteiger charge is 2.61. The van der Waals surface area contributed by atoms with E-state index in [1.54, 1.807) is 6.92 Å². The van der Waals surface area contributed by atoms with Crippen LogP contribution in [0.4, 0.5) is 13.2 Å². The van der Waals surface area contributed by atoms with E-state index in [0.29, 0.717) is 19.3 Å². The Morgan fingerprint density at radius 1 is 1.00 bits per heavy atom. The number of halogens is 3. The Hall–Kier alpha value is -0.260. The molecule has 3 atom stereocenters. The van der Waals surface area contributed by atoms with Gasteiger partial charge in [0, 0.05) is 6.26 Å². The molecule has 2 rings (SSSR count). The molecular weight excluding hydrogens is 313 g/mol. The van der Waals surface area contributed by atoms with Crippen molar-refractivity contribution in [3.63, 3.8) is 0 Å². The second-order valence-corrected chi connectivity index (χ2v) is 9.70. The van der Waals surface area contributed by atoms with Crippen LogP contribution in [0.3, 0.4) is 0 Å². The molecule has 22 heavy (non-hydrogen) atoms. The van der Waals surface area contributed by atoms with Gasteiger partial charge in [-0.1, -0.05) is 32.6 Å². The number of sulfone groups is 1. The smallest absolute Gasteiger partial charge is 0.229 e. The first kappa shape index (κ1) is 18.1. The molecule has 2 saturated carbocycles. The van der Waals surface area contributed by atoms with Crippen molar-refractivity contribution < 1.29 is 21.6 Å². The van der Waals surface area contributed by atoms with Crippen molar-refractivity contribution in [3.8, 4) is 0 Å². The van der Waals surface area contributed by atoms with Gasteiger partial charge in [-0.15, -0.1) is 0 Å². The largest absolute Gasteiger partial charge is 0.394 e. The van der Waals surface area contributed by atoms with E-state index in [1.165, 1.54) is 0 Å². The SMILES string of the molecule is CC1CCC(C2CCCCCC2)(C(F)(F)F)CC1S(C)(=O)=O. The summed E-state index contributed by atoms with van der Waals surface area (Å²) in [7, 11) is -3.45.